The minimum Gasteiger partial charge on any atom is -0.480 e. The zero-order valence-corrected chi connectivity index (χ0v) is 19.0. The van der Waals surface area contributed by atoms with Crippen molar-refractivity contribution >= 4 is 16.0 Å². The van der Waals surface area contributed by atoms with Crippen molar-refractivity contribution in [3.05, 3.63) is 95.6 Å². The number of carboxylic acid groups (broad SMARTS) is 1. The van der Waals surface area contributed by atoms with Gasteiger partial charge in [-0.15, -0.1) is 0 Å². The van der Waals surface area contributed by atoms with Gasteiger partial charge < -0.3 is 15.6 Å². The molecule has 1 fully saturated rings. The van der Waals surface area contributed by atoms with Gasteiger partial charge in [0.15, 0.2) is 5.60 Å². The molecule has 174 valence electrons. The summed E-state index contributed by atoms with van der Waals surface area (Å²) in [5.74, 6) is -0.675. The standard InChI is InChI=1S/C25H23N3O5S/c26-15-19-7-4-10-21(12-19)33-25(20-8-2-1-3-9-20)16-28(17-25)34(31,32)22-11-5-6-18(13-22)14-23(27)24(29)30/h1-13,23H,14,16-17,27H2,(H,29,30)/t23-/m0/s1. The van der Waals surface area contributed by atoms with E-state index in [9.17, 15) is 18.5 Å². The highest BCUT2D eigenvalue weighted by molar-refractivity contribution is 7.89. The van der Waals surface area contributed by atoms with Crippen molar-refractivity contribution in [2.75, 3.05) is 13.1 Å². The minimum absolute atomic E-state index is 0.0188. The van der Waals surface area contributed by atoms with Crippen LogP contribution in [0.5, 0.6) is 5.75 Å². The van der Waals surface area contributed by atoms with Crippen LogP contribution in [0.4, 0.5) is 0 Å². The molecule has 0 bridgehead atoms. The van der Waals surface area contributed by atoms with E-state index in [-0.39, 0.29) is 24.4 Å². The van der Waals surface area contributed by atoms with Crippen molar-refractivity contribution in [1.29, 1.82) is 5.26 Å². The molecule has 1 aliphatic heterocycles. The van der Waals surface area contributed by atoms with Gasteiger partial charge in [-0.3, -0.25) is 4.79 Å². The molecule has 1 atom stereocenters. The second-order valence-electron chi connectivity index (χ2n) is 8.17. The van der Waals surface area contributed by atoms with E-state index in [2.05, 4.69) is 6.07 Å². The highest BCUT2D eigenvalue weighted by Gasteiger charge is 2.52. The molecule has 0 aliphatic carbocycles. The average Bonchev–Trinajstić information content (AvgIpc) is 2.81. The molecule has 1 aliphatic rings. The van der Waals surface area contributed by atoms with Gasteiger partial charge in [-0.1, -0.05) is 48.5 Å². The second-order valence-corrected chi connectivity index (χ2v) is 10.1. The fourth-order valence-electron chi connectivity index (χ4n) is 3.92. The van der Waals surface area contributed by atoms with Crippen LogP contribution in [0.2, 0.25) is 0 Å². The van der Waals surface area contributed by atoms with Gasteiger partial charge in [-0.25, -0.2) is 8.42 Å². The third kappa shape index (κ3) is 4.65. The first-order valence-electron chi connectivity index (χ1n) is 10.6. The van der Waals surface area contributed by atoms with Crippen LogP contribution < -0.4 is 10.5 Å². The van der Waals surface area contributed by atoms with Crippen LogP contribution in [0.3, 0.4) is 0 Å². The van der Waals surface area contributed by atoms with Gasteiger partial charge in [-0.2, -0.15) is 9.57 Å². The van der Waals surface area contributed by atoms with Gasteiger partial charge >= 0.3 is 5.97 Å². The summed E-state index contributed by atoms with van der Waals surface area (Å²) in [6.45, 7) is 0.157. The summed E-state index contributed by atoms with van der Waals surface area (Å²) < 4.78 is 34.3. The topological polar surface area (TPSA) is 134 Å². The van der Waals surface area contributed by atoms with Gasteiger partial charge in [0.05, 0.1) is 29.6 Å². The van der Waals surface area contributed by atoms with Crippen molar-refractivity contribution < 1.29 is 23.1 Å². The van der Waals surface area contributed by atoms with E-state index in [1.165, 1.54) is 16.4 Å². The number of nitriles is 1. The molecule has 1 saturated heterocycles. The monoisotopic (exact) mass is 477 g/mol. The number of carbonyl (C=O) groups is 1. The summed E-state index contributed by atoms with van der Waals surface area (Å²) in [7, 11) is -3.85. The molecular formula is C25H23N3O5S. The molecule has 34 heavy (non-hydrogen) atoms. The first-order chi connectivity index (χ1) is 16.2. The van der Waals surface area contributed by atoms with Gasteiger partial charge in [0.25, 0.3) is 0 Å². The lowest BCUT2D eigenvalue weighted by molar-refractivity contribution is -0.138. The number of aliphatic carboxylic acids is 1. The van der Waals surface area contributed by atoms with Gasteiger partial charge in [0.2, 0.25) is 10.0 Å². The van der Waals surface area contributed by atoms with Gasteiger partial charge in [0.1, 0.15) is 11.8 Å². The lowest BCUT2D eigenvalue weighted by Gasteiger charge is -2.48. The Balaban J connectivity index is 1.60. The molecular weight excluding hydrogens is 454 g/mol. The normalized spacial score (nSPS) is 16.1. The Bertz CT molecular complexity index is 1350. The Morgan fingerprint density at radius 1 is 1.09 bits per heavy atom. The quantitative estimate of drug-likeness (QED) is 0.509. The summed E-state index contributed by atoms with van der Waals surface area (Å²) in [6.07, 6.45) is 0.0188. The molecule has 8 nitrogen and oxygen atoms in total. The maximum atomic E-state index is 13.3. The van der Waals surface area contributed by atoms with Crippen LogP contribution in [-0.2, 0) is 26.8 Å². The average molecular weight is 478 g/mol. The predicted molar refractivity (Wildman–Crippen MR) is 124 cm³/mol. The highest BCUT2D eigenvalue weighted by atomic mass is 32.2. The second kappa shape index (κ2) is 9.27. The SMILES string of the molecule is N#Cc1cccc(OC2(c3ccccc3)CN(S(=O)(=O)c3cccc(C[C@H](N)C(=O)O)c3)C2)c1. The van der Waals surface area contributed by atoms with Gasteiger partial charge in [-0.05, 0) is 47.9 Å². The Kier molecular flexibility index (Phi) is 6.39. The third-order valence-corrected chi connectivity index (χ3v) is 7.54. The fraction of sp³-hybridized carbons (Fsp3) is 0.200. The molecule has 3 aromatic carbocycles. The zero-order valence-electron chi connectivity index (χ0n) is 18.2. The number of nitrogens with zero attached hydrogens (tertiary/aromatic N) is 2. The number of benzene rings is 3. The molecule has 0 amide bonds. The summed E-state index contributed by atoms with van der Waals surface area (Å²) in [6, 6.07) is 23.2. The smallest absolute Gasteiger partial charge is 0.320 e. The Hall–Kier alpha value is -3.71. The number of hydrogen-bond donors (Lipinski definition) is 2. The molecule has 0 unspecified atom stereocenters. The molecule has 3 N–H and O–H groups in total. The van der Waals surface area contributed by atoms with Crippen molar-refractivity contribution in [1.82, 2.24) is 4.31 Å². The number of carboxylic acids is 1. The van der Waals surface area contributed by atoms with E-state index in [0.717, 1.165) is 5.56 Å². The van der Waals surface area contributed by atoms with Crippen LogP contribution in [0.25, 0.3) is 0 Å². The van der Waals surface area contributed by atoms with Crippen molar-refractivity contribution in [2.45, 2.75) is 23.0 Å². The van der Waals surface area contributed by atoms with Gasteiger partial charge in [0, 0.05) is 0 Å². The fourth-order valence-corrected chi connectivity index (χ4v) is 5.53. The first kappa shape index (κ1) is 23.4. The zero-order chi connectivity index (χ0) is 24.3. The van der Waals surface area contributed by atoms with E-state index in [4.69, 9.17) is 15.6 Å². The Labute approximate surface area is 197 Å². The van der Waals surface area contributed by atoms with Crippen LogP contribution >= 0.6 is 0 Å². The van der Waals surface area contributed by atoms with Crippen LogP contribution in [-0.4, -0.2) is 42.9 Å². The largest absolute Gasteiger partial charge is 0.480 e. The Morgan fingerprint density at radius 3 is 2.47 bits per heavy atom. The van der Waals surface area contributed by atoms with Crippen LogP contribution in [0, 0.1) is 11.3 Å². The summed E-state index contributed by atoms with van der Waals surface area (Å²) >= 11 is 0. The maximum absolute atomic E-state index is 13.3. The van der Waals surface area contributed by atoms with E-state index in [0.29, 0.717) is 16.9 Å². The number of hydrogen-bond acceptors (Lipinski definition) is 6. The molecule has 9 heteroatoms. The molecule has 0 aromatic heterocycles. The maximum Gasteiger partial charge on any atom is 0.320 e. The number of nitrogens with two attached hydrogens (primary N) is 1. The predicted octanol–water partition coefficient (Wildman–Crippen LogP) is 2.49. The lowest BCUT2D eigenvalue weighted by atomic mass is 9.87. The minimum atomic E-state index is -3.85. The first-order valence-corrected chi connectivity index (χ1v) is 12.0. The lowest BCUT2D eigenvalue weighted by Crippen LogP contribution is -2.64. The summed E-state index contributed by atoms with van der Waals surface area (Å²) in [5, 5.41) is 18.2. The molecule has 0 saturated carbocycles. The molecule has 4 rings (SSSR count). The van der Waals surface area contributed by atoms with Crippen molar-refractivity contribution in [3.8, 4) is 11.8 Å². The molecule has 1 heterocycles. The number of sulfonamides is 1. The van der Waals surface area contributed by atoms with E-state index in [1.54, 1.807) is 36.4 Å². The number of rotatable bonds is 8. The molecule has 3 aromatic rings. The third-order valence-electron chi connectivity index (χ3n) is 5.75. The van der Waals surface area contributed by atoms with Crippen LogP contribution in [0.1, 0.15) is 16.7 Å². The van der Waals surface area contributed by atoms with Crippen molar-refractivity contribution in [2.24, 2.45) is 5.73 Å². The van der Waals surface area contributed by atoms with E-state index in [1.807, 2.05) is 30.3 Å². The summed E-state index contributed by atoms with van der Waals surface area (Å²) in [4.78, 5) is 11.1. The Morgan fingerprint density at radius 2 is 1.79 bits per heavy atom. The van der Waals surface area contributed by atoms with Crippen LogP contribution in [0.15, 0.2) is 83.8 Å². The van der Waals surface area contributed by atoms with E-state index >= 15 is 0 Å². The van der Waals surface area contributed by atoms with Crippen molar-refractivity contribution in [3.63, 3.8) is 0 Å². The van der Waals surface area contributed by atoms with E-state index < -0.39 is 27.6 Å². The number of ether oxygens (including phenoxy) is 1. The highest BCUT2D eigenvalue weighted by Crippen LogP contribution is 2.40. The molecule has 0 radical (unpaired) electrons. The molecule has 0 spiro atoms. The summed E-state index contributed by atoms with van der Waals surface area (Å²) in [5.41, 5.74) is 6.48.